The second-order valence-electron chi connectivity index (χ2n) is 13.2. The number of carbonyl (C=O) groups excluding carboxylic acids is 2. The lowest BCUT2D eigenvalue weighted by atomic mass is 9.93. The Labute approximate surface area is 296 Å². The highest BCUT2D eigenvalue weighted by Crippen LogP contribution is 2.27. The van der Waals surface area contributed by atoms with Gasteiger partial charge >= 0.3 is 0 Å². The Morgan fingerprint density at radius 1 is 0.500 bits per heavy atom. The lowest BCUT2D eigenvalue weighted by Crippen LogP contribution is -2.32. The van der Waals surface area contributed by atoms with Gasteiger partial charge < -0.3 is 20.0 Å². The topological polar surface area (TPSA) is 81.1 Å². The molecule has 5 aromatic carbocycles. The molecule has 0 aromatic heterocycles. The highest BCUT2D eigenvalue weighted by atomic mass is 16.3. The first kappa shape index (κ1) is 35.9. The number of phenolic OH excluding ortho intramolecular Hbond substituents is 2. The summed E-state index contributed by atoms with van der Waals surface area (Å²) in [7, 11) is 0. The molecule has 2 N–H and O–H groups in total. The summed E-state index contributed by atoms with van der Waals surface area (Å²) in [6, 6.07) is 38.0. The fraction of sp³-hybridized carbons (Fsp3) is 0.273. The molecule has 2 atom stereocenters. The van der Waals surface area contributed by atoms with Gasteiger partial charge in [-0.15, -0.1) is 0 Å². The van der Waals surface area contributed by atoms with Crippen molar-refractivity contribution in [2.45, 2.75) is 65.2 Å². The van der Waals surface area contributed by atoms with Crippen LogP contribution >= 0.6 is 0 Å². The van der Waals surface area contributed by atoms with Crippen molar-refractivity contribution in [2.24, 2.45) is 0 Å². The third kappa shape index (κ3) is 9.00. The molecule has 5 rings (SSSR count). The van der Waals surface area contributed by atoms with Gasteiger partial charge in [-0.2, -0.15) is 0 Å². The maximum Gasteiger partial charge on any atom is 0.258 e. The van der Waals surface area contributed by atoms with Crippen LogP contribution in [0.25, 0.3) is 0 Å². The Kier molecular flexibility index (Phi) is 12.1. The highest BCUT2D eigenvalue weighted by Gasteiger charge is 2.21. The van der Waals surface area contributed by atoms with E-state index in [0.29, 0.717) is 24.2 Å². The zero-order valence-electron chi connectivity index (χ0n) is 29.5. The molecule has 0 aliphatic rings. The number of amides is 2. The Morgan fingerprint density at radius 2 is 0.820 bits per heavy atom. The molecular formula is C44H48N2O4. The van der Waals surface area contributed by atoms with Gasteiger partial charge in [0.15, 0.2) is 0 Å². The fourth-order valence-corrected chi connectivity index (χ4v) is 6.38. The van der Waals surface area contributed by atoms with Crippen molar-refractivity contribution in [1.29, 1.82) is 0 Å². The summed E-state index contributed by atoms with van der Waals surface area (Å²) in [6.07, 6.45) is 3.31. The van der Waals surface area contributed by atoms with Crippen molar-refractivity contribution in [3.63, 3.8) is 0 Å². The van der Waals surface area contributed by atoms with Gasteiger partial charge in [-0.25, -0.2) is 0 Å². The SMILES string of the molecule is CCCN(C(=O)c1ccc(C(=O)N(CCC)c2ccc(CC(C)c3ccc(O)cc3)cc2)cc1)c1ccc(CC(C)c2ccc(O)cc2)cc1. The summed E-state index contributed by atoms with van der Waals surface area (Å²) in [5.41, 5.74) is 7.44. The molecule has 258 valence electrons. The van der Waals surface area contributed by atoms with Crippen LogP contribution in [0.15, 0.2) is 121 Å². The maximum absolute atomic E-state index is 13.8. The number of hydrogen-bond acceptors (Lipinski definition) is 4. The number of hydrogen-bond donors (Lipinski definition) is 2. The van der Waals surface area contributed by atoms with Crippen molar-refractivity contribution in [2.75, 3.05) is 22.9 Å². The number of anilines is 2. The first-order valence-corrected chi connectivity index (χ1v) is 17.7. The van der Waals surface area contributed by atoms with Gasteiger partial charge in [0, 0.05) is 35.6 Å². The second kappa shape index (κ2) is 16.8. The molecule has 0 fully saturated rings. The smallest absolute Gasteiger partial charge is 0.258 e. The summed E-state index contributed by atoms with van der Waals surface area (Å²) in [6.45, 7) is 9.61. The van der Waals surface area contributed by atoms with Crippen LogP contribution in [0.3, 0.4) is 0 Å². The van der Waals surface area contributed by atoms with E-state index in [1.54, 1.807) is 58.3 Å². The van der Waals surface area contributed by atoms with Gasteiger partial charge in [0.05, 0.1) is 0 Å². The Hall–Kier alpha value is -5.36. The number of benzene rings is 5. The Morgan fingerprint density at radius 3 is 1.12 bits per heavy atom. The van der Waals surface area contributed by atoms with Crippen molar-refractivity contribution in [3.05, 3.63) is 155 Å². The molecule has 0 saturated carbocycles. The first-order valence-electron chi connectivity index (χ1n) is 17.7. The summed E-state index contributed by atoms with van der Waals surface area (Å²) in [4.78, 5) is 31.1. The zero-order valence-corrected chi connectivity index (χ0v) is 29.5. The Balaban J connectivity index is 1.25. The molecule has 0 spiro atoms. The molecule has 0 aliphatic heterocycles. The summed E-state index contributed by atoms with van der Waals surface area (Å²) < 4.78 is 0. The average Bonchev–Trinajstić information content (AvgIpc) is 3.13. The number of carbonyl (C=O) groups is 2. The van der Waals surface area contributed by atoms with E-state index in [1.807, 2.05) is 48.5 Å². The van der Waals surface area contributed by atoms with Gasteiger partial charge in [0.1, 0.15) is 11.5 Å². The van der Waals surface area contributed by atoms with Gasteiger partial charge in [-0.1, -0.05) is 76.2 Å². The molecule has 2 amide bonds. The van der Waals surface area contributed by atoms with Crippen LogP contribution < -0.4 is 9.80 Å². The van der Waals surface area contributed by atoms with E-state index >= 15 is 0 Å². The van der Waals surface area contributed by atoms with E-state index < -0.39 is 0 Å². The molecule has 6 heteroatoms. The standard InChI is InChI=1S/C44H48N2O4/c1-5-27-45(39-19-7-33(8-20-39)29-31(3)35-15-23-41(47)24-16-35)43(49)37-11-13-38(14-12-37)44(50)46(28-6-2)40-21-9-34(10-22-40)30-32(4)36-17-25-42(48)26-18-36/h7-26,31-32,47-48H,5-6,27-30H2,1-4H3. The van der Waals surface area contributed by atoms with Crippen LogP contribution in [0.5, 0.6) is 11.5 Å². The molecule has 0 radical (unpaired) electrons. The minimum atomic E-state index is -0.0985. The van der Waals surface area contributed by atoms with Crippen molar-refractivity contribution < 1.29 is 19.8 Å². The lowest BCUT2D eigenvalue weighted by molar-refractivity contribution is 0.0975. The van der Waals surface area contributed by atoms with Crippen molar-refractivity contribution >= 4 is 23.2 Å². The summed E-state index contributed by atoms with van der Waals surface area (Å²) >= 11 is 0. The number of rotatable bonds is 14. The van der Waals surface area contributed by atoms with Gasteiger partial charge in [0.25, 0.3) is 11.8 Å². The molecule has 0 bridgehead atoms. The third-order valence-electron chi connectivity index (χ3n) is 9.27. The van der Waals surface area contributed by atoms with Crippen molar-refractivity contribution in [3.8, 4) is 11.5 Å². The molecule has 5 aromatic rings. The lowest BCUT2D eigenvalue weighted by Gasteiger charge is -2.24. The maximum atomic E-state index is 13.8. The second-order valence-corrected chi connectivity index (χ2v) is 13.2. The van der Waals surface area contributed by atoms with E-state index in [0.717, 1.165) is 37.1 Å². The van der Waals surface area contributed by atoms with E-state index in [4.69, 9.17) is 0 Å². The average molecular weight is 669 g/mol. The first-order chi connectivity index (χ1) is 24.2. The van der Waals surface area contributed by atoms with Crippen LogP contribution in [-0.2, 0) is 12.8 Å². The van der Waals surface area contributed by atoms with E-state index in [2.05, 4.69) is 52.0 Å². The number of phenols is 2. The van der Waals surface area contributed by atoms with E-state index in [9.17, 15) is 19.8 Å². The van der Waals surface area contributed by atoms with E-state index in [1.165, 1.54) is 22.3 Å². The predicted octanol–water partition coefficient (Wildman–Crippen LogP) is 9.90. The largest absolute Gasteiger partial charge is 0.508 e. The van der Waals surface area contributed by atoms with Crippen LogP contribution in [-0.4, -0.2) is 35.1 Å². The van der Waals surface area contributed by atoms with E-state index in [-0.39, 0.29) is 35.1 Å². The van der Waals surface area contributed by atoms with Crippen molar-refractivity contribution in [1.82, 2.24) is 0 Å². The van der Waals surface area contributed by atoms with Crippen LogP contribution in [0, 0.1) is 0 Å². The molecule has 50 heavy (non-hydrogen) atoms. The van der Waals surface area contributed by atoms with Gasteiger partial charge in [-0.05, 0) is 133 Å². The van der Waals surface area contributed by atoms with Crippen LogP contribution in [0.1, 0.15) is 95.3 Å². The number of aromatic hydroxyl groups is 2. The minimum absolute atomic E-state index is 0.0985. The molecule has 6 nitrogen and oxygen atoms in total. The summed E-state index contributed by atoms with van der Waals surface area (Å²) in [5.74, 6) is 0.907. The predicted molar refractivity (Wildman–Crippen MR) is 204 cm³/mol. The van der Waals surface area contributed by atoms with Gasteiger partial charge in [-0.3, -0.25) is 9.59 Å². The molecular weight excluding hydrogens is 620 g/mol. The molecule has 0 saturated heterocycles. The normalized spacial score (nSPS) is 12.2. The minimum Gasteiger partial charge on any atom is -0.508 e. The molecule has 0 aliphatic carbocycles. The molecule has 2 unspecified atom stereocenters. The summed E-state index contributed by atoms with van der Waals surface area (Å²) in [5, 5.41) is 19.2. The fourth-order valence-electron chi connectivity index (χ4n) is 6.38. The quantitative estimate of drug-likeness (QED) is 0.123. The Bertz CT molecular complexity index is 1690. The number of nitrogens with zero attached hydrogens (tertiary/aromatic N) is 2. The zero-order chi connectivity index (χ0) is 35.6. The molecule has 0 heterocycles. The van der Waals surface area contributed by atoms with Crippen LogP contribution in [0.4, 0.5) is 11.4 Å². The van der Waals surface area contributed by atoms with Crippen LogP contribution in [0.2, 0.25) is 0 Å². The monoisotopic (exact) mass is 668 g/mol. The van der Waals surface area contributed by atoms with Gasteiger partial charge in [0.2, 0.25) is 0 Å². The highest BCUT2D eigenvalue weighted by molar-refractivity contribution is 6.09. The third-order valence-corrected chi connectivity index (χ3v) is 9.27.